The fraction of sp³-hybridized carbons (Fsp3) is 0.438. The van der Waals surface area contributed by atoms with Crippen LogP contribution < -0.4 is 0 Å². The van der Waals surface area contributed by atoms with Crippen molar-refractivity contribution < 1.29 is 4.79 Å². The van der Waals surface area contributed by atoms with Gasteiger partial charge in [0.1, 0.15) is 0 Å². The molecule has 0 aliphatic heterocycles. The van der Waals surface area contributed by atoms with Crippen LogP contribution in [0, 0.1) is 13.8 Å². The Balaban J connectivity index is 2.22. The molecule has 0 spiro atoms. The van der Waals surface area contributed by atoms with Crippen molar-refractivity contribution in [3.8, 4) is 0 Å². The Morgan fingerprint density at radius 3 is 2.45 bits per heavy atom. The minimum atomic E-state index is -0.0444. The van der Waals surface area contributed by atoms with Gasteiger partial charge in [0.05, 0.1) is 5.69 Å². The molecular formula is C16H21N3O. The highest BCUT2D eigenvalue weighted by Gasteiger charge is 2.18. The smallest absolute Gasteiger partial charge is 0.215 e. The van der Waals surface area contributed by atoms with Gasteiger partial charge in [0.2, 0.25) is 5.78 Å². The molecule has 20 heavy (non-hydrogen) atoms. The number of nitrogens with zero attached hydrogens (tertiary/aromatic N) is 2. The van der Waals surface area contributed by atoms with E-state index >= 15 is 0 Å². The Morgan fingerprint density at radius 2 is 1.80 bits per heavy atom. The molecule has 4 nitrogen and oxygen atoms in total. The Kier molecular flexibility index (Phi) is 4.66. The summed E-state index contributed by atoms with van der Waals surface area (Å²) in [5.41, 5.74) is 4.11. The molecule has 2 aromatic rings. The number of carbonyl (C=O) groups excluding carboxylic acids is 1. The lowest BCUT2D eigenvalue weighted by Gasteiger charge is -2.04. The Hall–Kier alpha value is -1.97. The third kappa shape index (κ3) is 3.32. The van der Waals surface area contributed by atoms with Crippen LogP contribution in [0.1, 0.15) is 59.1 Å². The molecule has 0 aliphatic carbocycles. The van der Waals surface area contributed by atoms with Crippen molar-refractivity contribution in [2.45, 2.75) is 46.5 Å². The normalized spacial score (nSPS) is 10.8. The van der Waals surface area contributed by atoms with Gasteiger partial charge in [-0.15, -0.1) is 0 Å². The van der Waals surface area contributed by atoms with Crippen LogP contribution in [0.2, 0.25) is 0 Å². The van der Waals surface area contributed by atoms with E-state index in [1.165, 1.54) is 0 Å². The number of H-pyrrole nitrogens is 1. The van der Waals surface area contributed by atoms with Gasteiger partial charge >= 0.3 is 0 Å². The van der Waals surface area contributed by atoms with Gasteiger partial charge < -0.3 is 0 Å². The van der Waals surface area contributed by atoms with Gasteiger partial charge in [-0.3, -0.25) is 4.79 Å². The number of nitrogens with one attached hydrogen (secondary N) is 1. The molecule has 0 fully saturated rings. The predicted octanol–water partition coefficient (Wildman–Crippen LogP) is 3.39. The summed E-state index contributed by atoms with van der Waals surface area (Å²) in [6, 6.07) is 5.86. The van der Waals surface area contributed by atoms with Crippen LogP contribution in [0.25, 0.3) is 0 Å². The first-order valence-electron chi connectivity index (χ1n) is 7.14. The van der Waals surface area contributed by atoms with E-state index in [4.69, 9.17) is 0 Å². The fourth-order valence-electron chi connectivity index (χ4n) is 2.39. The maximum Gasteiger partial charge on any atom is 0.215 e. The number of benzene rings is 1. The zero-order valence-electron chi connectivity index (χ0n) is 12.4. The van der Waals surface area contributed by atoms with Crippen LogP contribution in [0.15, 0.2) is 18.2 Å². The van der Waals surface area contributed by atoms with E-state index in [0.29, 0.717) is 11.3 Å². The molecule has 0 radical (unpaired) electrons. The summed E-state index contributed by atoms with van der Waals surface area (Å²) in [7, 11) is 0. The lowest BCUT2D eigenvalue weighted by atomic mass is 10.0. The highest BCUT2D eigenvalue weighted by atomic mass is 16.1. The van der Waals surface area contributed by atoms with Crippen molar-refractivity contribution in [2.75, 3.05) is 0 Å². The molecule has 0 aliphatic rings. The number of aromatic nitrogens is 3. The average molecular weight is 271 g/mol. The van der Waals surface area contributed by atoms with Crippen molar-refractivity contribution in [1.82, 2.24) is 15.4 Å². The number of carbonyl (C=O) groups is 1. The molecule has 0 saturated carbocycles. The molecule has 0 amide bonds. The number of ketones is 1. The summed E-state index contributed by atoms with van der Waals surface area (Å²) in [6.45, 7) is 6.15. The first-order chi connectivity index (χ1) is 9.61. The standard InChI is InChI=1S/C16H21N3O/c1-4-5-6-7-14-15(18-19-17-14)16(20)13-9-11(2)8-12(3)10-13/h8-10H,4-7H2,1-3H3,(H,17,18,19). The van der Waals surface area contributed by atoms with Crippen LogP contribution >= 0.6 is 0 Å². The van der Waals surface area contributed by atoms with E-state index in [1.54, 1.807) is 0 Å². The van der Waals surface area contributed by atoms with E-state index in [1.807, 2.05) is 26.0 Å². The summed E-state index contributed by atoms with van der Waals surface area (Å²) in [5, 5.41) is 10.8. The van der Waals surface area contributed by atoms with Gasteiger partial charge in [-0.05, 0) is 38.8 Å². The van der Waals surface area contributed by atoms with Crippen LogP contribution in [0.3, 0.4) is 0 Å². The Bertz CT molecular complexity index is 581. The molecule has 1 N–H and O–H groups in total. The zero-order chi connectivity index (χ0) is 14.5. The number of unbranched alkanes of at least 4 members (excludes halogenated alkanes) is 2. The molecule has 1 aromatic heterocycles. The van der Waals surface area contributed by atoms with Crippen LogP contribution in [-0.4, -0.2) is 21.2 Å². The molecule has 1 heterocycles. The summed E-state index contributed by atoms with van der Waals surface area (Å²) in [6.07, 6.45) is 4.13. The lowest BCUT2D eigenvalue weighted by Crippen LogP contribution is -2.06. The fourth-order valence-corrected chi connectivity index (χ4v) is 2.39. The highest BCUT2D eigenvalue weighted by molar-refractivity contribution is 6.08. The zero-order valence-corrected chi connectivity index (χ0v) is 12.4. The van der Waals surface area contributed by atoms with E-state index in [9.17, 15) is 4.79 Å². The van der Waals surface area contributed by atoms with Crippen molar-refractivity contribution in [3.63, 3.8) is 0 Å². The van der Waals surface area contributed by atoms with Crippen LogP contribution in [0.4, 0.5) is 0 Å². The first-order valence-corrected chi connectivity index (χ1v) is 7.14. The second-order valence-electron chi connectivity index (χ2n) is 5.28. The number of aromatic amines is 1. The Labute approximate surface area is 119 Å². The second kappa shape index (κ2) is 6.46. The molecule has 106 valence electrons. The maximum atomic E-state index is 12.5. The minimum Gasteiger partial charge on any atom is -0.287 e. The molecule has 0 unspecified atom stereocenters. The maximum absolute atomic E-state index is 12.5. The third-order valence-electron chi connectivity index (χ3n) is 3.34. The van der Waals surface area contributed by atoms with Gasteiger partial charge in [0, 0.05) is 5.56 Å². The number of rotatable bonds is 6. The SMILES string of the molecule is CCCCCc1n[nH]nc1C(=O)c1cc(C)cc(C)c1. The summed E-state index contributed by atoms with van der Waals surface area (Å²) in [5.74, 6) is -0.0444. The minimum absolute atomic E-state index is 0.0444. The van der Waals surface area contributed by atoms with Gasteiger partial charge in [0.15, 0.2) is 5.69 Å². The Morgan fingerprint density at radius 1 is 1.10 bits per heavy atom. The van der Waals surface area contributed by atoms with Crippen LogP contribution in [0.5, 0.6) is 0 Å². The van der Waals surface area contributed by atoms with Crippen molar-refractivity contribution in [2.24, 2.45) is 0 Å². The molecule has 0 saturated heterocycles. The molecule has 4 heteroatoms. The van der Waals surface area contributed by atoms with Crippen LogP contribution in [-0.2, 0) is 6.42 Å². The topological polar surface area (TPSA) is 58.6 Å². The van der Waals surface area contributed by atoms with Crippen molar-refractivity contribution >= 4 is 5.78 Å². The number of hydrogen-bond donors (Lipinski definition) is 1. The van der Waals surface area contributed by atoms with Gasteiger partial charge in [-0.1, -0.05) is 37.0 Å². The monoisotopic (exact) mass is 271 g/mol. The van der Waals surface area contributed by atoms with E-state index in [2.05, 4.69) is 28.4 Å². The van der Waals surface area contributed by atoms with Gasteiger partial charge in [-0.25, -0.2) is 0 Å². The molecule has 0 bridgehead atoms. The molecule has 2 rings (SSSR count). The lowest BCUT2D eigenvalue weighted by molar-refractivity contribution is 0.103. The van der Waals surface area contributed by atoms with Gasteiger partial charge in [0.25, 0.3) is 0 Å². The average Bonchev–Trinajstić information content (AvgIpc) is 2.85. The number of hydrogen-bond acceptors (Lipinski definition) is 3. The quantitative estimate of drug-likeness (QED) is 0.647. The van der Waals surface area contributed by atoms with E-state index < -0.39 is 0 Å². The first kappa shape index (κ1) is 14.4. The largest absolute Gasteiger partial charge is 0.287 e. The van der Waals surface area contributed by atoms with Gasteiger partial charge in [-0.2, -0.15) is 15.4 Å². The van der Waals surface area contributed by atoms with Crippen molar-refractivity contribution in [1.29, 1.82) is 0 Å². The second-order valence-corrected chi connectivity index (χ2v) is 5.28. The highest BCUT2D eigenvalue weighted by Crippen LogP contribution is 2.15. The molecular weight excluding hydrogens is 250 g/mol. The van der Waals surface area contributed by atoms with E-state index in [-0.39, 0.29) is 5.78 Å². The predicted molar refractivity (Wildman–Crippen MR) is 79.0 cm³/mol. The molecule has 0 atom stereocenters. The van der Waals surface area contributed by atoms with E-state index in [0.717, 1.165) is 42.5 Å². The van der Waals surface area contributed by atoms with Crippen molar-refractivity contribution in [3.05, 3.63) is 46.3 Å². The summed E-state index contributed by atoms with van der Waals surface area (Å²) in [4.78, 5) is 12.5. The summed E-state index contributed by atoms with van der Waals surface area (Å²) < 4.78 is 0. The number of aryl methyl sites for hydroxylation is 3. The molecule has 1 aromatic carbocycles. The third-order valence-corrected chi connectivity index (χ3v) is 3.34. The summed E-state index contributed by atoms with van der Waals surface area (Å²) >= 11 is 0.